The maximum Gasteiger partial charge on any atom is 0.0192 e. The molecule has 1 saturated heterocycles. The summed E-state index contributed by atoms with van der Waals surface area (Å²) in [6.45, 7) is 3.34. The van der Waals surface area contributed by atoms with Gasteiger partial charge < -0.3 is 10.6 Å². The Morgan fingerprint density at radius 2 is 2.36 bits per heavy atom. The van der Waals surface area contributed by atoms with Crippen LogP contribution in [0.4, 0.5) is 0 Å². The Morgan fingerprint density at radius 1 is 1.45 bits per heavy atom. The van der Waals surface area contributed by atoms with E-state index < -0.39 is 0 Å². The molecule has 0 spiro atoms. The van der Waals surface area contributed by atoms with E-state index in [4.69, 9.17) is 0 Å². The van der Waals surface area contributed by atoms with E-state index in [1.54, 1.807) is 0 Å². The van der Waals surface area contributed by atoms with Gasteiger partial charge in [0.25, 0.3) is 0 Å². The molecule has 1 unspecified atom stereocenters. The molecule has 2 N–H and O–H groups in total. The molecule has 3 heteroatoms. The molecule has 1 atom stereocenters. The summed E-state index contributed by atoms with van der Waals surface area (Å²) in [5.74, 6) is 0.937. The molecule has 1 aliphatic heterocycles. The average Bonchev–Trinajstić information content (AvgIpc) is 2.07. The predicted octanol–water partition coefficient (Wildman–Crippen LogP) is 0.648. The molecule has 0 aliphatic carbocycles. The molecule has 0 bridgehead atoms. The predicted molar refractivity (Wildman–Crippen MR) is 52.4 cm³/mol. The van der Waals surface area contributed by atoms with Gasteiger partial charge in [-0.1, -0.05) is 6.42 Å². The summed E-state index contributed by atoms with van der Waals surface area (Å²) in [6, 6.07) is 0.712. The molecule has 1 fully saturated rings. The normalized spacial score (nSPS) is 25.4. The molecule has 0 aromatic rings. The molecule has 1 aliphatic rings. The summed E-state index contributed by atoms with van der Waals surface area (Å²) < 4.78 is 0. The first-order valence-electron chi connectivity index (χ1n) is 4.48. The van der Waals surface area contributed by atoms with Gasteiger partial charge in [0.2, 0.25) is 0 Å². The van der Waals surface area contributed by atoms with Gasteiger partial charge in [-0.2, -0.15) is 12.6 Å². The minimum Gasteiger partial charge on any atom is -0.314 e. The van der Waals surface area contributed by atoms with Crippen molar-refractivity contribution in [1.82, 2.24) is 10.6 Å². The van der Waals surface area contributed by atoms with Crippen LogP contribution in [-0.4, -0.2) is 31.4 Å². The largest absolute Gasteiger partial charge is 0.314 e. The lowest BCUT2D eigenvalue weighted by Crippen LogP contribution is -2.42. The molecule has 0 saturated carbocycles. The molecule has 1 heterocycles. The molecule has 2 nitrogen and oxygen atoms in total. The minimum atomic E-state index is 0.712. The summed E-state index contributed by atoms with van der Waals surface area (Å²) in [4.78, 5) is 0. The van der Waals surface area contributed by atoms with Crippen molar-refractivity contribution in [3.8, 4) is 0 Å². The van der Waals surface area contributed by atoms with Crippen LogP contribution in [-0.2, 0) is 0 Å². The van der Waals surface area contributed by atoms with Crippen molar-refractivity contribution in [2.45, 2.75) is 25.3 Å². The van der Waals surface area contributed by atoms with Crippen LogP contribution in [0.3, 0.4) is 0 Å². The van der Waals surface area contributed by atoms with Crippen LogP contribution in [0.15, 0.2) is 0 Å². The Morgan fingerprint density at radius 3 is 3.00 bits per heavy atom. The molecule has 0 amide bonds. The smallest absolute Gasteiger partial charge is 0.0192 e. The topological polar surface area (TPSA) is 24.1 Å². The van der Waals surface area contributed by atoms with Gasteiger partial charge in [-0.25, -0.2) is 0 Å². The Balaban J connectivity index is 1.96. The maximum absolute atomic E-state index is 4.14. The first-order valence-corrected chi connectivity index (χ1v) is 5.11. The highest BCUT2D eigenvalue weighted by Crippen LogP contribution is 2.05. The van der Waals surface area contributed by atoms with E-state index in [9.17, 15) is 0 Å². The second-order valence-corrected chi connectivity index (χ2v) is 3.52. The highest BCUT2D eigenvalue weighted by atomic mass is 32.1. The van der Waals surface area contributed by atoms with Crippen molar-refractivity contribution in [1.29, 1.82) is 0 Å². The number of rotatable bonds is 4. The third-order valence-electron chi connectivity index (χ3n) is 2.09. The third kappa shape index (κ3) is 3.99. The molecular formula is C8H18N2S. The van der Waals surface area contributed by atoms with Gasteiger partial charge in [0.05, 0.1) is 0 Å². The molecule has 66 valence electrons. The lowest BCUT2D eigenvalue weighted by Gasteiger charge is -2.23. The monoisotopic (exact) mass is 174 g/mol. The van der Waals surface area contributed by atoms with Crippen molar-refractivity contribution in [3.63, 3.8) is 0 Å². The van der Waals surface area contributed by atoms with E-state index >= 15 is 0 Å². The van der Waals surface area contributed by atoms with Crippen molar-refractivity contribution in [2.75, 3.05) is 25.4 Å². The van der Waals surface area contributed by atoms with Gasteiger partial charge in [0, 0.05) is 24.9 Å². The molecular weight excluding hydrogens is 156 g/mol. The van der Waals surface area contributed by atoms with Crippen LogP contribution < -0.4 is 10.6 Å². The molecule has 0 aromatic carbocycles. The lowest BCUT2D eigenvalue weighted by atomic mass is 10.1. The quantitative estimate of drug-likeness (QED) is 0.430. The maximum atomic E-state index is 4.14. The second-order valence-electron chi connectivity index (χ2n) is 3.07. The van der Waals surface area contributed by atoms with Crippen molar-refractivity contribution in [2.24, 2.45) is 0 Å². The van der Waals surface area contributed by atoms with E-state index in [2.05, 4.69) is 23.3 Å². The Hall–Kier alpha value is 0.270. The standard InChI is InChI=1S/C8H18N2S/c11-6-5-9-7-8-3-1-2-4-10-8/h8-11H,1-7H2. The van der Waals surface area contributed by atoms with Gasteiger partial charge in [-0.05, 0) is 19.4 Å². The number of hydrogen-bond donors (Lipinski definition) is 3. The molecule has 11 heavy (non-hydrogen) atoms. The lowest BCUT2D eigenvalue weighted by molar-refractivity contribution is 0.387. The SMILES string of the molecule is SCCNCC1CCCCN1. The molecule has 1 rings (SSSR count). The molecule has 0 radical (unpaired) electrons. The first kappa shape index (κ1) is 9.36. The van der Waals surface area contributed by atoms with E-state index in [1.807, 2.05) is 0 Å². The van der Waals surface area contributed by atoms with Gasteiger partial charge in [-0.3, -0.25) is 0 Å². The van der Waals surface area contributed by atoms with E-state index in [0.29, 0.717) is 6.04 Å². The van der Waals surface area contributed by atoms with E-state index in [0.717, 1.165) is 18.8 Å². The zero-order valence-electron chi connectivity index (χ0n) is 6.97. The highest BCUT2D eigenvalue weighted by molar-refractivity contribution is 7.80. The van der Waals surface area contributed by atoms with Crippen LogP contribution in [0.5, 0.6) is 0 Å². The van der Waals surface area contributed by atoms with Crippen LogP contribution in [0.25, 0.3) is 0 Å². The minimum absolute atomic E-state index is 0.712. The fourth-order valence-corrected chi connectivity index (χ4v) is 1.61. The Bertz CT molecular complexity index is 92.1. The van der Waals surface area contributed by atoms with Crippen LogP contribution >= 0.6 is 12.6 Å². The average molecular weight is 174 g/mol. The van der Waals surface area contributed by atoms with Crippen LogP contribution in [0.2, 0.25) is 0 Å². The summed E-state index contributed by atoms with van der Waals surface area (Å²) >= 11 is 4.14. The first-order chi connectivity index (χ1) is 5.43. The summed E-state index contributed by atoms with van der Waals surface area (Å²) in [6.07, 6.45) is 4.07. The van der Waals surface area contributed by atoms with Crippen molar-refractivity contribution < 1.29 is 0 Å². The van der Waals surface area contributed by atoms with Gasteiger partial charge in [0.1, 0.15) is 0 Å². The fourth-order valence-electron chi connectivity index (χ4n) is 1.45. The number of nitrogens with one attached hydrogen (secondary N) is 2. The van der Waals surface area contributed by atoms with Gasteiger partial charge in [-0.15, -0.1) is 0 Å². The zero-order chi connectivity index (χ0) is 7.94. The summed E-state index contributed by atoms with van der Waals surface area (Å²) in [7, 11) is 0. The third-order valence-corrected chi connectivity index (χ3v) is 2.32. The molecule has 0 aromatic heterocycles. The van der Waals surface area contributed by atoms with Gasteiger partial charge >= 0.3 is 0 Å². The Labute approximate surface area is 74.5 Å². The Kier molecular flexibility index (Phi) is 4.99. The zero-order valence-corrected chi connectivity index (χ0v) is 7.87. The van der Waals surface area contributed by atoms with Gasteiger partial charge in [0.15, 0.2) is 0 Å². The van der Waals surface area contributed by atoms with Crippen molar-refractivity contribution >= 4 is 12.6 Å². The van der Waals surface area contributed by atoms with E-state index in [1.165, 1.54) is 25.8 Å². The van der Waals surface area contributed by atoms with Crippen molar-refractivity contribution in [3.05, 3.63) is 0 Å². The number of piperidine rings is 1. The van der Waals surface area contributed by atoms with E-state index in [-0.39, 0.29) is 0 Å². The summed E-state index contributed by atoms with van der Waals surface area (Å²) in [5, 5.41) is 6.86. The fraction of sp³-hybridized carbons (Fsp3) is 1.00. The second kappa shape index (κ2) is 5.86. The number of hydrogen-bond acceptors (Lipinski definition) is 3. The van der Waals surface area contributed by atoms with Crippen LogP contribution in [0.1, 0.15) is 19.3 Å². The number of thiol groups is 1. The van der Waals surface area contributed by atoms with Crippen LogP contribution in [0, 0.1) is 0 Å². The highest BCUT2D eigenvalue weighted by Gasteiger charge is 2.10. The summed E-state index contributed by atoms with van der Waals surface area (Å²) in [5.41, 5.74) is 0.